The molecule has 4 heavy (non-hydrogen) atoms. The van der Waals surface area contributed by atoms with Gasteiger partial charge in [-0.25, -0.2) is 0 Å². The van der Waals surface area contributed by atoms with E-state index in [0.29, 0.717) is 0 Å². The average Bonchev–Trinajstić information content (AvgIpc) is 0. The van der Waals surface area contributed by atoms with E-state index in [-0.39, 0.29) is 121 Å². The van der Waals surface area contributed by atoms with Crippen molar-refractivity contribution < 1.29 is 17.1 Å². The van der Waals surface area contributed by atoms with Gasteiger partial charge in [0.1, 0.15) is 0 Å². The van der Waals surface area contributed by atoms with E-state index in [2.05, 4.69) is 0 Å². The van der Waals surface area contributed by atoms with Gasteiger partial charge in [-0.3, -0.25) is 0 Å². The summed E-state index contributed by atoms with van der Waals surface area (Å²) in [5.74, 6) is 0. The van der Waals surface area contributed by atoms with Gasteiger partial charge in [-0.05, 0) is 0 Å². The predicted molar refractivity (Wildman–Crippen MR) is 22.8 cm³/mol. The molecule has 0 amide bonds. The van der Waals surface area contributed by atoms with E-state index >= 15 is 0 Å². The molecule has 0 aliphatic heterocycles. The maximum absolute atomic E-state index is 0. The van der Waals surface area contributed by atoms with Gasteiger partial charge in [0.2, 0.25) is 0 Å². The Balaban J connectivity index is 0. The second-order valence-corrected chi connectivity index (χ2v) is 0. The molecule has 0 spiro atoms. The molecule has 0 aliphatic carbocycles. The van der Waals surface area contributed by atoms with Crippen LogP contribution in [0.15, 0.2) is 0 Å². The van der Waals surface area contributed by atoms with Crippen LogP contribution in [0.5, 0.6) is 0 Å². The first-order valence-corrected chi connectivity index (χ1v) is 0. The van der Waals surface area contributed by atoms with Gasteiger partial charge < -0.3 is 0 Å². The molecule has 0 aromatic rings. The molecule has 0 fully saturated rings. The quantitative estimate of drug-likeness (QED) is 0.340. The minimum absolute atomic E-state index is 0. The van der Waals surface area contributed by atoms with Gasteiger partial charge in [0.25, 0.3) is 0 Å². The Labute approximate surface area is 118 Å². The van der Waals surface area contributed by atoms with Gasteiger partial charge in [0.15, 0.2) is 0 Å². The third-order valence-electron chi connectivity index (χ3n) is 0. The topological polar surface area (TPSA) is 0 Å². The van der Waals surface area contributed by atoms with Crippen LogP contribution >= 0.6 is 0 Å². The van der Waals surface area contributed by atoms with Crippen LogP contribution in [0, 0.1) is 0 Å². The summed E-state index contributed by atoms with van der Waals surface area (Å²) >= 11 is 0. The van der Waals surface area contributed by atoms with Crippen LogP contribution in [0.3, 0.4) is 0 Å². The Morgan fingerprint density at radius 3 is 1.00 bits per heavy atom. The molecular weight excluding hydrogens is 142 g/mol. The van der Waals surface area contributed by atoms with Crippen LogP contribution in [-0.4, -0.2) is 104 Å². The summed E-state index contributed by atoms with van der Waals surface area (Å²) in [6, 6.07) is 0. The molecule has 0 radical (unpaired) electrons. The average molecular weight is 146 g/mol. The van der Waals surface area contributed by atoms with Crippen LogP contribution in [0.25, 0.3) is 0 Å². The van der Waals surface area contributed by atoms with E-state index in [1.165, 1.54) is 0 Å². The molecule has 0 unspecified atom stereocenters. The van der Waals surface area contributed by atoms with E-state index in [1.807, 2.05) is 0 Å². The Morgan fingerprint density at radius 1 is 1.00 bits per heavy atom. The first-order chi connectivity index (χ1) is 0. The summed E-state index contributed by atoms with van der Waals surface area (Å²) in [4.78, 5) is 0. The zero-order chi connectivity index (χ0) is 0. The Bertz CT molecular complexity index is 8.00. The molecule has 0 N–H and O–H groups in total. The van der Waals surface area contributed by atoms with Crippen molar-refractivity contribution in [3.05, 3.63) is 0 Å². The Morgan fingerprint density at radius 2 is 1.00 bits per heavy atom. The third-order valence-corrected chi connectivity index (χ3v) is 0. The third kappa shape index (κ3) is 9.33. The SMILES string of the molecule is [Fe].[KH].[MgH2].[NaH]. The molecule has 0 atom stereocenters. The summed E-state index contributed by atoms with van der Waals surface area (Å²) < 4.78 is 0. The number of rotatable bonds is 0. The molecule has 0 nitrogen and oxygen atoms in total. The van der Waals surface area contributed by atoms with Crippen molar-refractivity contribution in [2.75, 3.05) is 0 Å². The monoisotopic (exact) mass is 146 g/mol. The van der Waals surface area contributed by atoms with E-state index in [9.17, 15) is 0 Å². The summed E-state index contributed by atoms with van der Waals surface area (Å²) in [5, 5.41) is 0. The second-order valence-electron chi connectivity index (χ2n) is 0. The minimum atomic E-state index is 0. The van der Waals surface area contributed by atoms with Crippen molar-refractivity contribution in [1.29, 1.82) is 0 Å². The van der Waals surface area contributed by atoms with E-state index in [4.69, 9.17) is 0 Å². The molecule has 0 aromatic heterocycles. The fourth-order valence-corrected chi connectivity index (χ4v) is 0. The fraction of sp³-hybridized carbons (Fsp3) is 0. The Hall–Kier alpha value is 3.92. The molecule has 16 valence electrons. The van der Waals surface area contributed by atoms with E-state index in [1.54, 1.807) is 0 Å². The molecule has 4 heteroatoms. The van der Waals surface area contributed by atoms with Gasteiger partial charge >= 0.3 is 104 Å². The maximum atomic E-state index is 0. The molecule has 0 rings (SSSR count). The molecule has 0 bridgehead atoms. The van der Waals surface area contributed by atoms with Gasteiger partial charge in [-0.15, -0.1) is 0 Å². The van der Waals surface area contributed by atoms with Gasteiger partial charge in [0, 0.05) is 17.1 Å². The molecular formula is H4FeKMgNa. The molecule has 0 aliphatic rings. The van der Waals surface area contributed by atoms with Crippen molar-refractivity contribution in [1.82, 2.24) is 0 Å². The van der Waals surface area contributed by atoms with Crippen molar-refractivity contribution in [2.45, 2.75) is 0 Å². The zero-order valence-electron chi connectivity index (χ0n) is 0.354. The van der Waals surface area contributed by atoms with Gasteiger partial charge in [-0.2, -0.15) is 0 Å². The molecule has 0 aromatic carbocycles. The standard InChI is InChI=1S/Fe.K.Mg.Na.4H. The van der Waals surface area contributed by atoms with Crippen LogP contribution < -0.4 is 0 Å². The summed E-state index contributed by atoms with van der Waals surface area (Å²) in [5.41, 5.74) is 0. The van der Waals surface area contributed by atoms with Crippen molar-refractivity contribution >= 4 is 104 Å². The van der Waals surface area contributed by atoms with Crippen molar-refractivity contribution in [3.8, 4) is 0 Å². The van der Waals surface area contributed by atoms with Crippen LogP contribution in [0.1, 0.15) is 0 Å². The van der Waals surface area contributed by atoms with Crippen molar-refractivity contribution in [2.24, 2.45) is 0 Å². The van der Waals surface area contributed by atoms with Gasteiger partial charge in [-0.1, -0.05) is 0 Å². The zero-order valence-corrected chi connectivity index (χ0v) is 1.46. The predicted octanol–water partition coefficient (Wildman–Crippen LogP) is -2.22. The first-order valence-electron chi connectivity index (χ1n) is 0. The van der Waals surface area contributed by atoms with Gasteiger partial charge in [0.05, 0.1) is 0 Å². The fourth-order valence-electron chi connectivity index (χ4n) is 0. The number of hydrogen-bond donors (Lipinski definition) is 0. The summed E-state index contributed by atoms with van der Waals surface area (Å²) in [6.45, 7) is 0. The summed E-state index contributed by atoms with van der Waals surface area (Å²) in [7, 11) is 0. The molecule has 0 saturated carbocycles. The van der Waals surface area contributed by atoms with E-state index < -0.39 is 0 Å². The van der Waals surface area contributed by atoms with Crippen LogP contribution in [0.4, 0.5) is 0 Å². The molecule has 0 saturated heterocycles. The normalized spacial score (nSPS) is 0. The van der Waals surface area contributed by atoms with Crippen molar-refractivity contribution in [3.63, 3.8) is 0 Å². The van der Waals surface area contributed by atoms with E-state index in [0.717, 1.165) is 0 Å². The van der Waals surface area contributed by atoms with Crippen LogP contribution in [-0.2, 0) is 17.1 Å². The van der Waals surface area contributed by atoms with Crippen LogP contribution in [0.2, 0.25) is 0 Å². The summed E-state index contributed by atoms with van der Waals surface area (Å²) in [6.07, 6.45) is 0. The molecule has 0 heterocycles. The Kier molecular flexibility index (Phi) is 97.4. The number of hydrogen-bond acceptors (Lipinski definition) is 0. The first kappa shape index (κ1) is 24.7. The second kappa shape index (κ2) is 15.8.